The van der Waals surface area contributed by atoms with E-state index in [0.717, 1.165) is 25.1 Å². The van der Waals surface area contributed by atoms with Crippen LogP contribution in [0, 0.1) is 5.82 Å². The van der Waals surface area contributed by atoms with Crippen LogP contribution in [0.3, 0.4) is 0 Å². The van der Waals surface area contributed by atoms with Gasteiger partial charge in [0.05, 0.1) is 5.54 Å². The predicted octanol–water partition coefficient (Wildman–Crippen LogP) is 4.05. The van der Waals surface area contributed by atoms with Crippen LogP contribution in [0.2, 0.25) is 5.02 Å². The Morgan fingerprint density at radius 3 is 2.75 bits per heavy atom. The number of nitrogens with one attached hydrogen (secondary N) is 1. The van der Waals surface area contributed by atoms with E-state index in [1.165, 1.54) is 12.1 Å². The zero-order valence-electron chi connectivity index (χ0n) is 16.1. The molecule has 1 saturated heterocycles. The van der Waals surface area contributed by atoms with Gasteiger partial charge >= 0.3 is 0 Å². The Balaban J connectivity index is 1.80. The molecule has 6 heteroatoms. The molecular formula is C22H25ClFN3O. The molecule has 1 heterocycles. The summed E-state index contributed by atoms with van der Waals surface area (Å²) in [6.07, 6.45) is 4.13. The van der Waals surface area contributed by atoms with E-state index in [2.05, 4.69) is 24.1 Å². The maximum atomic E-state index is 13.2. The lowest BCUT2D eigenvalue weighted by molar-refractivity contribution is 0.0993. The number of ketones is 1. The second kappa shape index (κ2) is 8.33. The number of benzene rings is 2. The van der Waals surface area contributed by atoms with E-state index >= 15 is 0 Å². The van der Waals surface area contributed by atoms with Crippen molar-refractivity contribution in [3.8, 4) is 0 Å². The van der Waals surface area contributed by atoms with Crippen LogP contribution >= 0.6 is 11.6 Å². The lowest BCUT2D eigenvalue weighted by Gasteiger charge is -2.47. The van der Waals surface area contributed by atoms with Gasteiger partial charge in [0.1, 0.15) is 5.82 Å². The summed E-state index contributed by atoms with van der Waals surface area (Å²) in [5, 5.41) is 4.00. The van der Waals surface area contributed by atoms with E-state index in [0.29, 0.717) is 22.3 Å². The Bertz CT molecular complexity index is 884. The van der Waals surface area contributed by atoms with Crippen molar-refractivity contribution in [2.24, 2.45) is 0 Å². The minimum atomic E-state index is -0.243. The molecular weight excluding hydrogens is 377 g/mol. The van der Waals surface area contributed by atoms with Gasteiger partial charge in [-0.2, -0.15) is 0 Å². The Morgan fingerprint density at radius 2 is 2.07 bits per heavy atom. The highest BCUT2D eigenvalue weighted by Gasteiger charge is 2.35. The highest BCUT2D eigenvalue weighted by atomic mass is 35.5. The Hall–Kier alpha value is -2.37. The molecule has 0 unspecified atom stereocenters. The van der Waals surface area contributed by atoms with Crippen LogP contribution in [-0.2, 0) is 6.42 Å². The first-order valence-electron chi connectivity index (χ1n) is 9.29. The molecule has 0 saturated carbocycles. The molecule has 148 valence electrons. The largest absolute Gasteiger partial charge is 0.398 e. The van der Waals surface area contributed by atoms with Crippen molar-refractivity contribution in [1.82, 2.24) is 10.2 Å². The van der Waals surface area contributed by atoms with E-state index in [4.69, 9.17) is 17.3 Å². The maximum Gasteiger partial charge on any atom is 0.189 e. The topological polar surface area (TPSA) is 58.4 Å². The Labute approximate surface area is 170 Å². The number of carbonyl (C=O) groups is 1. The molecule has 0 bridgehead atoms. The number of anilines is 1. The molecule has 28 heavy (non-hydrogen) atoms. The van der Waals surface area contributed by atoms with E-state index in [1.54, 1.807) is 36.4 Å². The van der Waals surface area contributed by atoms with Crippen LogP contribution in [0.1, 0.15) is 29.8 Å². The number of piperazine rings is 1. The van der Waals surface area contributed by atoms with Crippen molar-refractivity contribution in [2.45, 2.75) is 31.8 Å². The molecule has 3 rings (SSSR count). The molecule has 2 aromatic carbocycles. The third-order valence-corrected chi connectivity index (χ3v) is 5.41. The van der Waals surface area contributed by atoms with Crippen LogP contribution in [0.4, 0.5) is 10.1 Å². The Kier molecular flexibility index (Phi) is 6.06. The van der Waals surface area contributed by atoms with Gasteiger partial charge in [0, 0.05) is 47.7 Å². The van der Waals surface area contributed by atoms with Crippen molar-refractivity contribution < 1.29 is 9.18 Å². The molecule has 4 nitrogen and oxygen atoms in total. The highest BCUT2D eigenvalue weighted by molar-refractivity contribution is 6.31. The first kappa shape index (κ1) is 20.4. The van der Waals surface area contributed by atoms with Gasteiger partial charge < -0.3 is 16.0 Å². The predicted molar refractivity (Wildman–Crippen MR) is 112 cm³/mol. The zero-order valence-corrected chi connectivity index (χ0v) is 16.8. The van der Waals surface area contributed by atoms with Crippen molar-refractivity contribution in [3.05, 3.63) is 76.7 Å². The molecule has 0 aliphatic carbocycles. The van der Waals surface area contributed by atoms with Crippen LogP contribution in [0.25, 0.3) is 0 Å². The van der Waals surface area contributed by atoms with Crippen molar-refractivity contribution in [3.63, 3.8) is 0 Å². The summed E-state index contributed by atoms with van der Waals surface area (Å²) in [7, 11) is 0. The minimum absolute atomic E-state index is 0.163. The molecule has 2 aromatic rings. The van der Waals surface area contributed by atoms with Gasteiger partial charge in [-0.15, -0.1) is 0 Å². The number of nitrogens with zero attached hydrogens (tertiary/aromatic N) is 1. The second-order valence-corrected chi connectivity index (χ2v) is 8.08. The molecule has 1 aliphatic rings. The highest BCUT2D eigenvalue weighted by Crippen LogP contribution is 2.25. The third-order valence-electron chi connectivity index (χ3n) is 5.18. The van der Waals surface area contributed by atoms with Gasteiger partial charge in [0.15, 0.2) is 5.78 Å². The van der Waals surface area contributed by atoms with Crippen LogP contribution < -0.4 is 11.1 Å². The van der Waals surface area contributed by atoms with Crippen molar-refractivity contribution in [1.29, 1.82) is 0 Å². The number of nitrogen functional groups attached to an aromatic ring is 1. The number of rotatable bonds is 5. The molecule has 0 aromatic heterocycles. The van der Waals surface area contributed by atoms with Crippen LogP contribution in [0.5, 0.6) is 0 Å². The molecule has 2 atom stereocenters. The smallest absolute Gasteiger partial charge is 0.189 e. The van der Waals surface area contributed by atoms with E-state index < -0.39 is 0 Å². The number of nitrogens with two attached hydrogens (primary N) is 1. The van der Waals surface area contributed by atoms with E-state index in [-0.39, 0.29) is 17.1 Å². The average Bonchev–Trinajstić information content (AvgIpc) is 2.64. The lowest BCUT2D eigenvalue weighted by atomic mass is 9.88. The van der Waals surface area contributed by atoms with Gasteiger partial charge in [0.2, 0.25) is 0 Å². The zero-order chi connectivity index (χ0) is 20.3. The monoisotopic (exact) mass is 401 g/mol. The molecule has 0 spiro atoms. The number of hydrogen-bond donors (Lipinski definition) is 2. The third kappa shape index (κ3) is 4.72. The summed E-state index contributed by atoms with van der Waals surface area (Å²) in [6.45, 7) is 5.77. The Morgan fingerprint density at radius 1 is 1.36 bits per heavy atom. The van der Waals surface area contributed by atoms with Crippen LogP contribution in [-0.4, -0.2) is 35.4 Å². The lowest BCUT2D eigenvalue weighted by Crippen LogP contribution is -2.61. The summed E-state index contributed by atoms with van der Waals surface area (Å²) < 4.78 is 13.2. The van der Waals surface area contributed by atoms with Gasteiger partial charge in [-0.25, -0.2) is 4.39 Å². The SMILES string of the molecule is C[C@H]1CN(/C=C/C(=O)c2ccc(Cl)cc2N)[C@](C)(Cc2ccc(F)cc2)CN1. The van der Waals surface area contributed by atoms with Gasteiger partial charge in [-0.1, -0.05) is 23.7 Å². The van der Waals surface area contributed by atoms with E-state index in [1.807, 2.05) is 6.20 Å². The number of carbonyl (C=O) groups excluding carboxylic acids is 1. The second-order valence-electron chi connectivity index (χ2n) is 7.65. The van der Waals surface area contributed by atoms with Crippen LogP contribution in [0.15, 0.2) is 54.7 Å². The fourth-order valence-corrected chi connectivity index (χ4v) is 3.71. The van der Waals surface area contributed by atoms with E-state index in [9.17, 15) is 9.18 Å². The van der Waals surface area contributed by atoms with Gasteiger partial charge in [-0.05, 0) is 56.2 Å². The minimum Gasteiger partial charge on any atom is -0.398 e. The van der Waals surface area contributed by atoms with Gasteiger partial charge in [0.25, 0.3) is 0 Å². The first-order valence-corrected chi connectivity index (χ1v) is 9.67. The molecule has 3 N–H and O–H groups in total. The first-order chi connectivity index (χ1) is 13.3. The number of hydrogen-bond acceptors (Lipinski definition) is 4. The molecule has 1 fully saturated rings. The number of allylic oxidation sites excluding steroid dienone is 1. The fourth-order valence-electron chi connectivity index (χ4n) is 3.53. The van der Waals surface area contributed by atoms with Gasteiger partial charge in [-0.3, -0.25) is 4.79 Å². The van der Waals surface area contributed by atoms with Crippen molar-refractivity contribution in [2.75, 3.05) is 18.8 Å². The quantitative estimate of drug-likeness (QED) is 0.450. The van der Waals surface area contributed by atoms with Crippen molar-refractivity contribution >= 4 is 23.1 Å². The number of halogens is 2. The summed E-state index contributed by atoms with van der Waals surface area (Å²) in [6, 6.07) is 11.7. The summed E-state index contributed by atoms with van der Waals surface area (Å²) in [4.78, 5) is 14.8. The summed E-state index contributed by atoms with van der Waals surface area (Å²) >= 11 is 5.91. The molecule has 1 aliphatic heterocycles. The summed E-state index contributed by atoms with van der Waals surface area (Å²) in [5.41, 5.74) is 7.53. The standard InChI is InChI=1S/C22H25ClFN3O/c1-15-13-27(10-9-21(28)19-8-5-17(23)11-20(19)25)22(2,14-26-15)12-16-3-6-18(24)7-4-16/h3-11,15,26H,12-14,25H2,1-2H3/b10-9+/t15-,22+/m0/s1. The average molecular weight is 402 g/mol. The fraction of sp³-hybridized carbons (Fsp3) is 0.318. The summed E-state index contributed by atoms with van der Waals surface area (Å²) in [5.74, 6) is -0.406. The normalized spacial score (nSPS) is 22.6. The molecule has 0 amide bonds. The molecule has 0 radical (unpaired) electrons. The maximum absolute atomic E-state index is 13.2.